The third kappa shape index (κ3) is 2.23. The molecule has 14 heavy (non-hydrogen) atoms. The van der Waals surface area contributed by atoms with Crippen LogP contribution in [-0.4, -0.2) is 31.7 Å². The molecule has 0 amide bonds. The Hall–Kier alpha value is -1.09. The molecule has 0 radical (unpaired) electrons. The number of pyridine rings is 1. The topological polar surface area (TPSA) is 28.2 Å². The van der Waals surface area contributed by atoms with Crippen molar-refractivity contribution in [2.24, 2.45) is 5.92 Å². The molecule has 1 N–H and O–H groups in total. The highest BCUT2D eigenvalue weighted by Gasteiger charge is 2.16. The fourth-order valence-electron chi connectivity index (χ4n) is 1.93. The lowest BCUT2D eigenvalue weighted by atomic mass is 10.1. The van der Waals surface area contributed by atoms with E-state index in [1.807, 2.05) is 18.3 Å². The molecular formula is C11H17N3. The van der Waals surface area contributed by atoms with Crippen LogP contribution in [0.4, 0.5) is 5.82 Å². The molecule has 1 fully saturated rings. The third-order valence-corrected chi connectivity index (χ3v) is 2.73. The fraction of sp³-hybridized carbons (Fsp3) is 0.545. The Morgan fingerprint density at radius 1 is 1.57 bits per heavy atom. The SMILES string of the molecule is CN(CC1CCNC1)c1ccccn1. The van der Waals surface area contributed by atoms with Gasteiger partial charge in [0.2, 0.25) is 0 Å². The normalized spacial score (nSPS) is 21.1. The van der Waals surface area contributed by atoms with E-state index < -0.39 is 0 Å². The maximum absolute atomic E-state index is 4.33. The summed E-state index contributed by atoms with van der Waals surface area (Å²) >= 11 is 0. The number of hydrogen-bond acceptors (Lipinski definition) is 3. The second-order valence-corrected chi connectivity index (χ2v) is 3.93. The van der Waals surface area contributed by atoms with Crippen molar-refractivity contribution in [1.29, 1.82) is 0 Å². The van der Waals surface area contributed by atoms with Gasteiger partial charge in [-0.05, 0) is 37.6 Å². The van der Waals surface area contributed by atoms with Crippen LogP contribution in [0.15, 0.2) is 24.4 Å². The lowest BCUT2D eigenvalue weighted by Crippen LogP contribution is -2.27. The quantitative estimate of drug-likeness (QED) is 0.776. The smallest absolute Gasteiger partial charge is 0.128 e. The molecule has 1 saturated heterocycles. The van der Waals surface area contributed by atoms with Crippen LogP contribution in [-0.2, 0) is 0 Å². The average Bonchev–Trinajstić information content (AvgIpc) is 2.72. The molecule has 0 bridgehead atoms. The Morgan fingerprint density at radius 2 is 2.50 bits per heavy atom. The Morgan fingerprint density at radius 3 is 3.14 bits per heavy atom. The second-order valence-electron chi connectivity index (χ2n) is 3.93. The number of aromatic nitrogens is 1. The Kier molecular flexibility index (Phi) is 2.99. The summed E-state index contributed by atoms with van der Waals surface area (Å²) in [6, 6.07) is 6.04. The van der Waals surface area contributed by atoms with E-state index in [9.17, 15) is 0 Å². The molecule has 1 atom stereocenters. The molecule has 76 valence electrons. The van der Waals surface area contributed by atoms with Gasteiger partial charge >= 0.3 is 0 Å². The van der Waals surface area contributed by atoms with Crippen LogP contribution in [0.2, 0.25) is 0 Å². The van der Waals surface area contributed by atoms with Gasteiger partial charge in [-0.25, -0.2) is 4.98 Å². The number of hydrogen-bond donors (Lipinski definition) is 1. The molecule has 1 aromatic rings. The van der Waals surface area contributed by atoms with Crippen LogP contribution in [0.5, 0.6) is 0 Å². The largest absolute Gasteiger partial charge is 0.359 e. The molecule has 1 unspecified atom stereocenters. The lowest BCUT2D eigenvalue weighted by molar-refractivity contribution is 0.576. The standard InChI is InChI=1S/C11H17N3/c1-14(9-10-5-7-12-8-10)11-4-2-3-6-13-11/h2-4,6,10,12H,5,7-9H2,1H3. The third-order valence-electron chi connectivity index (χ3n) is 2.73. The van der Waals surface area contributed by atoms with Crippen LogP contribution >= 0.6 is 0 Å². The van der Waals surface area contributed by atoms with E-state index >= 15 is 0 Å². The highest BCUT2D eigenvalue weighted by molar-refractivity contribution is 5.36. The van der Waals surface area contributed by atoms with E-state index in [1.165, 1.54) is 13.0 Å². The van der Waals surface area contributed by atoms with Crippen LogP contribution in [0.1, 0.15) is 6.42 Å². The first-order valence-electron chi connectivity index (χ1n) is 5.19. The summed E-state index contributed by atoms with van der Waals surface area (Å²) < 4.78 is 0. The van der Waals surface area contributed by atoms with E-state index in [4.69, 9.17) is 0 Å². The molecule has 2 heterocycles. The van der Waals surface area contributed by atoms with Crippen molar-refractivity contribution < 1.29 is 0 Å². The fourth-order valence-corrected chi connectivity index (χ4v) is 1.93. The Bertz CT molecular complexity index is 267. The van der Waals surface area contributed by atoms with Crippen LogP contribution in [0, 0.1) is 5.92 Å². The molecule has 1 aliphatic heterocycles. The Balaban J connectivity index is 1.92. The summed E-state index contributed by atoms with van der Waals surface area (Å²) in [5.74, 6) is 1.85. The van der Waals surface area contributed by atoms with Gasteiger partial charge in [0.25, 0.3) is 0 Å². The van der Waals surface area contributed by atoms with Gasteiger partial charge in [-0.15, -0.1) is 0 Å². The van der Waals surface area contributed by atoms with E-state index in [2.05, 4.69) is 28.3 Å². The van der Waals surface area contributed by atoms with Crippen LogP contribution in [0.25, 0.3) is 0 Å². The summed E-state index contributed by atoms with van der Waals surface area (Å²) in [5.41, 5.74) is 0. The highest BCUT2D eigenvalue weighted by atomic mass is 15.2. The minimum absolute atomic E-state index is 0.780. The van der Waals surface area contributed by atoms with Crippen molar-refractivity contribution in [3.8, 4) is 0 Å². The number of rotatable bonds is 3. The second kappa shape index (κ2) is 4.42. The molecule has 0 aromatic carbocycles. The van der Waals surface area contributed by atoms with Gasteiger partial charge in [-0.1, -0.05) is 6.07 Å². The summed E-state index contributed by atoms with van der Waals surface area (Å²) in [6.45, 7) is 3.42. The van der Waals surface area contributed by atoms with E-state index in [1.54, 1.807) is 0 Å². The van der Waals surface area contributed by atoms with Gasteiger partial charge in [-0.3, -0.25) is 0 Å². The predicted molar refractivity (Wildman–Crippen MR) is 58.5 cm³/mol. The van der Waals surface area contributed by atoms with Gasteiger partial charge in [0.1, 0.15) is 5.82 Å². The van der Waals surface area contributed by atoms with Gasteiger partial charge in [0, 0.05) is 19.8 Å². The highest BCUT2D eigenvalue weighted by Crippen LogP contribution is 2.13. The molecule has 3 heteroatoms. The average molecular weight is 191 g/mol. The van der Waals surface area contributed by atoms with Crippen molar-refractivity contribution in [3.05, 3.63) is 24.4 Å². The summed E-state index contributed by atoms with van der Waals surface area (Å²) in [4.78, 5) is 6.56. The van der Waals surface area contributed by atoms with Gasteiger partial charge in [0.05, 0.1) is 0 Å². The zero-order chi connectivity index (χ0) is 9.80. The summed E-state index contributed by atoms with van der Waals surface area (Å²) in [6.07, 6.45) is 3.13. The zero-order valence-corrected chi connectivity index (χ0v) is 8.61. The predicted octanol–water partition coefficient (Wildman–Crippen LogP) is 1.13. The Labute approximate surface area is 85.1 Å². The van der Waals surface area contributed by atoms with Crippen molar-refractivity contribution in [3.63, 3.8) is 0 Å². The lowest BCUT2D eigenvalue weighted by Gasteiger charge is -2.21. The van der Waals surface area contributed by atoms with Crippen molar-refractivity contribution in [1.82, 2.24) is 10.3 Å². The molecule has 1 aliphatic rings. The first-order valence-corrected chi connectivity index (χ1v) is 5.19. The number of nitrogens with zero attached hydrogens (tertiary/aromatic N) is 2. The maximum Gasteiger partial charge on any atom is 0.128 e. The molecule has 0 spiro atoms. The van der Waals surface area contributed by atoms with Crippen molar-refractivity contribution >= 4 is 5.82 Å². The first kappa shape index (κ1) is 9.46. The monoisotopic (exact) mass is 191 g/mol. The maximum atomic E-state index is 4.33. The van der Waals surface area contributed by atoms with Crippen molar-refractivity contribution in [2.45, 2.75) is 6.42 Å². The molecular weight excluding hydrogens is 174 g/mol. The summed E-state index contributed by atoms with van der Waals surface area (Å²) in [5, 5.41) is 3.38. The van der Waals surface area contributed by atoms with E-state index in [-0.39, 0.29) is 0 Å². The minimum Gasteiger partial charge on any atom is -0.359 e. The van der Waals surface area contributed by atoms with Gasteiger partial charge < -0.3 is 10.2 Å². The summed E-state index contributed by atoms with van der Waals surface area (Å²) in [7, 11) is 2.11. The molecule has 3 nitrogen and oxygen atoms in total. The molecule has 2 rings (SSSR count). The molecule has 1 aromatic heterocycles. The van der Waals surface area contributed by atoms with Gasteiger partial charge in [0.15, 0.2) is 0 Å². The van der Waals surface area contributed by atoms with Crippen molar-refractivity contribution in [2.75, 3.05) is 31.6 Å². The van der Waals surface area contributed by atoms with Crippen LogP contribution < -0.4 is 10.2 Å². The molecule has 0 saturated carbocycles. The van der Waals surface area contributed by atoms with Crippen LogP contribution in [0.3, 0.4) is 0 Å². The van der Waals surface area contributed by atoms with E-state index in [0.717, 1.165) is 24.8 Å². The minimum atomic E-state index is 0.780. The first-order chi connectivity index (χ1) is 6.86. The van der Waals surface area contributed by atoms with Gasteiger partial charge in [-0.2, -0.15) is 0 Å². The molecule has 0 aliphatic carbocycles. The van der Waals surface area contributed by atoms with E-state index in [0.29, 0.717) is 0 Å². The number of nitrogens with one attached hydrogen (secondary N) is 1. The zero-order valence-electron chi connectivity index (χ0n) is 8.61. The number of anilines is 1.